The second-order valence-electron chi connectivity index (χ2n) is 3.63. The largest absolute Gasteiger partial charge is 0.478 e. The third-order valence-electron chi connectivity index (χ3n) is 2.43. The molecule has 0 aliphatic heterocycles. The number of hydrogen-bond donors (Lipinski definition) is 1. The lowest BCUT2D eigenvalue weighted by Crippen LogP contribution is -2.07. The Labute approximate surface area is 102 Å². The zero-order valence-electron chi connectivity index (χ0n) is 9.63. The van der Waals surface area contributed by atoms with E-state index in [0.717, 1.165) is 0 Å². The molecule has 0 atom stereocenters. The molecule has 0 fully saturated rings. The number of carboxylic acid groups (broad SMARTS) is 1. The number of aromatic nitrogens is 2. The number of benzene rings is 1. The van der Waals surface area contributed by atoms with Gasteiger partial charge in [0, 0.05) is 7.11 Å². The summed E-state index contributed by atoms with van der Waals surface area (Å²) in [5.74, 6) is -1.51. The standard InChI is InChI=1S/C12H11FN2O3/c1-18-7-11-10(12(16)17)6-14-15(11)9-4-2-3-8(13)5-9/h2-6H,7H2,1H3,(H,16,17). The summed E-state index contributed by atoms with van der Waals surface area (Å²) in [5.41, 5.74) is 0.867. The van der Waals surface area contributed by atoms with Crippen LogP contribution in [0, 0.1) is 5.82 Å². The van der Waals surface area contributed by atoms with Gasteiger partial charge in [-0.1, -0.05) is 6.07 Å². The zero-order chi connectivity index (χ0) is 13.1. The molecular formula is C12H11FN2O3. The van der Waals surface area contributed by atoms with Crippen LogP contribution in [0.5, 0.6) is 0 Å². The molecule has 0 bridgehead atoms. The van der Waals surface area contributed by atoms with Crippen LogP contribution < -0.4 is 0 Å². The molecule has 0 aliphatic rings. The van der Waals surface area contributed by atoms with Gasteiger partial charge in [0.25, 0.3) is 0 Å². The van der Waals surface area contributed by atoms with Crippen LogP contribution in [0.2, 0.25) is 0 Å². The van der Waals surface area contributed by atoms with Crippen molar-refractivity contribution in [3.63, 3.8) is 0 Å². The number of carbonyl (C=O) groups is 1. The Morgan fingerprint density at radius 3 is 2.94 bits per heavy atom. The average Bonchev–Trinajstić information content (AvgIpc) is 2.73. The van der Waals surface area contributed by atoms with Crippen molar-refractivity contribution in [1.82, 2.24) is 9.78 Å². The van der Waals surface area contributed by atoms with Crippen LogP contribution >= 0.6 is 0 Å². The van der Waals surface area contributed by atoms with E-state index in [1.165, 1.54) is 36.2 Å². The first-order valence-corrected chi connectivity index (χ1v) is 5.18. The topological polar surface area (TPSA) is 64.3 Å². The highest BCUT2D eigenvalue weighted by molar-refractivity contribution is 5.88. The van der Waals surface area contributed by atoms with Crippen LogP contribution in [0.25, 0.3) is 5.69 Å². The number of rotatable bonds is 4. The van der Waals surface area contributed by atoms with E-state index in [0.29, 0.717) is 11.4 Å². The molecule has 94 valence electrons. The molecule has 1 aromatic heterocycles. The summed E-state index contributed by atoms with van der Waals surface area (Å²) in [7, 11) is 1.45. The van der Waals surface area contributed by atoms with E-state index in [4.69, 9.17) is 9.84 Å². The summed E-state index contributed by atoms with van der Waals surface area (Å²) in [6.07, 6.45) is 1.22. The Kier molecular flexibility index (Phi) is 3.38. The minimum absolute atomic E-state index is 0.0427. The highest BCUT2D eigenvalue weighted by Gasteiger charge is 2.17. The van der Waals surface area contributed by atoms with Gasteiger partial charge in [0.15, 0.2) is 0 Å². The van der Waals surface area contributed by atoms with Crippen molar-refractivity contribution in [2.75, 3.05) is 7.11 Å². The van der Waals surface area contributed by atoms with E-state index in [1.54, 1.807) is 6.07 Å². The predicted molar refractivity (Wildman–Crippen MR) is 61.2 cm³/mol. The highest BCUT2D eigenvalue weighted by Crippen LogP contribution is 2.16. The maximum atomic E-state index is 13.1. The first-order valence-electron chi connectivity index (χ1n) is 5.18. The fraction of sp³-hybridized carbons (Fsp3) is 0.167. The molecule has 6 heteroatoms. The van der Waals surface area contributed by atoms with Gasteiger partial charge in [-0.2, -0.15) is 5.10 Å². The molecule has 0 saturated carbocycles. The molecule has 0 saturated heterocycles. The highest BCUT2D eigenvalue weighted by atomic mass is 19.1. The molecule has 0 unspecified atom stereocenters. The molecule has 5 nitrogen and oxygen atoms in total. The monoisotopic (exact) mass is 250 g/mol. The molecule has 2 aromatic rings. The Bertz CT molecular complexity index is 580. The molecule has 0 spiro atoms. The molecule has 1 heterocycles. The Morgan fingerprint density at radius 1 is 1.56 bits per heavy atom. The van der Waals surface area contributed by atoms with Gasteiger partial charge in [-0.05, 0) is 18.2 Å². The van der Waals surface area contributed by atoms with E-state index in [2.05, 4.69) is 5.10 Å². The zero-order valence-corrected chi connectivity index (χ0v) is 9.63. The van der Waals surface area contributed by atoms with Gasteiger partial charge in [0.2, 0.25) is 0 Å². The molecule has 0 radical (unpaired) electrons. The number of aromatic carboxylic acids is 1. The maximum absolute atomic E-state index is 13.1. The Hall–Kier alpha value is -2.21. The molecule has 18 heavy (non-hydrogen) atoms. The lowest BCUT2D eigenvalue weighted by Gasteiger charge is -2.07. The lowest BCUT2D eigenvalue weighted by atomic mass is 10.2. The number of hydrogen-bond acceptors (Lipinski definition) is 3. The van der Waals surface area contributed by atoms with Gasteiger partial charge in [-0.3, -0.25) is 0 Å². The van der Waals surface area contributed by atoms with E-state index in [9.17, 15) is 9.18 Å². The van der Waals surface area contributed by atoms with Crippen molar-refractivity contribution in [3.05, 3.63) is 47.5 Å². The van der Waals surface area contributed by atoms with Crippen LogP contribution in [0.15, 0.2) is 30.5 Å². The molecule has 0 amide bonds. The second kappa shape index (κ2) is 4.97. The number of ether oxygens (including phenoxy) is 1. The quantitative estimate of drug-likeness (QED) is 0.899. The van der Waals surface area contributed by atoms with E-state index in [1.807, 2.05) is 0 Å². The fourth-order valence-corrected chi connectivity index (χ4v) is 1.66. The first kappa shape index (κ1) is 12.3. The smallest absolute Gasteiger partial charge is 0.339 e. The lowest BCUT2D eigenvalue weighted by molar-refractivity contribution is 0.0691. The average molecular weight is 250 g/mol. The van der Waals surface area contributed by atoms with Crippen molar-refractivity contribution < 1.29 is 19.0 Å². The van der Waals surface area contributed by atoms with Crippen molar-refractivity contribution in [2.24, 2.45) is 0 Å². The summed E-state index contributed by atoms with van der Waals surface area (Å²) in [6.45, 7) is 0.0815. The third-order valence-corrected chi connectivity index (χ3v) is 2.43. The van der Waals surface area contributed by atoms with Crippen LogP contribution in [0.1, 0.15) is 16.1 Å². The number of nitrogens with zero attached hydrogens (tertiary/aromatic N) is 2. The van der Waals surface area contributed by atoms with E-state index in [-0.39, 0.29) is 12.2 Å². The van der Waals surface area contributed by atoms with Crippen molar-refractivity contribution in [3.8, 4) is 5.69 Å². The second-order valence-corrected chi connectivity index (χ2v) is 3.63. The SMILES string of the molecule is COCc1c(C(=O)O)cnn1-c1cccc(F)c1. The minimum Gasteiger partial charge on any atom is -0.478 e. The van der Waals surface area contributed by atoms with Crippen molar-refractivity contribution in [1.29, 1.82) is 0 Å². The van der Waals surface area contributed by atoms with Gasteiger partial charge >= 0.3 is 5.97 Å². The molecular weight excluding hydrogens is 239 g/mol. The van der Waals surface area contributed by atoms with E-state index >= 15 is 0 Å². The number of carboxylic acids is 1. The van der Waals surface area contributed by atoms with Gasteiger partial charge in [-0.25, -0.2) is 13.9 Å². The summed E-state index contributed by atoms with van der Waals surface area (Å²) in [6, 6.07) is 5.75. The normalized spacial score (nSPS) is 10.6. The number of methoxy groups -OCH3 is 1. The van der Waals surface area contributed by atoms with Gasteiger partial charge < -0.3 is 9.84 Å². The van der Waals surface area contributed by atoms with Crippen LogP contribution in [0.4, 0.5) is 4.39 Å². The van der Waals surface area contributed by atoms with Crippen LogP contribution in [-0.4, -0.2) is 28.0 Å². The third kappa shape index (κ3) is 2.23. The Morgan fingerprint density at radius 2 is 2.33 bits per heavy atom. The minimum atomic E-state index is -1.09. The molecule has 1 aromatic carbocycles. The fourth-order valence-electron chi connectivity index (χ4n) is 1.66. The first-order chi connectivity index (χ1) is 8.63. The number of halogens is 1. The molecule has 1 N–H and O–H groups in total. The van der Waals surface area contributed by atoms with Crippen molar-refractivity contribution in [2.45, 2.75) is 6.61 Å². The molecule has 0 aliphatic carbocycles. The predicted octanol–water partition coefficient (Wildman–Crippen LogP) is 1.86. The summed E-state index contributed by atoms with van der Waals surface area (Å²) >= 11 is 0. The van der Waals surface area contributed by atoms with Gasteiger partial charge in [0.1, 0.15) is 11.4 Å². The van der Waals surface area contributed by atoms with Crippen LogP contribution in [-0.2, 0) is 11.3 Å². The van der Waals surface area contributed by atoms with E-state index < -0.39 is 11.8 Å². The summed E-state index contributed by atoms with van der Waals surface area (Å²) < 4.78 is 19.5. The van der Waals surface area contributed by atoms with Gasteiger partial charge in [-0.15, -0.1) is 0 Å². The maximum Gasteiger partial charge on any atom is 0.339 e. The van der Waals surface area contributed by atoms with Gasteiger partial charge in [0.05, 0.1) is 24.2 Å². The van der Waals surface area contributed by atoms with Crippen LogP contribution in [0.3, 0.4) is 0 Å². The Balaban J connectivity index is 2.54. The summed E-state index contributed by atoms with van der Waals surface area (Å²) in [4.78, 5) is 11.0. The van der Waals surface area contributed by atoms with Crippen molar-refractivity contribution >= 4 is 5.97 Å². The molecule has 2 rings (SSSR count). The summed E-state index contributed by atoms with van der Waals surface area (Å²) in [5, 5.41) is 13.0.